The van der Waals surface area contributed by atoms with Crippen LogP contribution in [0, 0.1) is 24.4 Å². The van der Waals surface area contributed by atoms with Gasteiger partial charge in [0.2, 0.25) is 0 Å². The highest BCUT2D eigenvalue weighted by atomic mass is 32.2. The summed E-state index contributed by atoms with van der Waals surface area (Å²) in [5.41, 5.74) is -0.612. The van der Waals surface area contributed by atoms with Crippen molar-refractivity contribution in [3.8, 4) is 5.75 Å². The fourth-order valence-corrected chi connectivity index (χ4v) is 3.30. The second-order valence-corrected chi connectivity index (χ2v) is 7.01. The second kappa shape index (κ2) is 5.97. The zero-order valence-electron chi connectivity index (χ0n) is 12.5. The number of ether oxygens (including phenoxy) is 1. The largest absolute Gasteiger partial charge is 0.486 e. The summed E-state index contributed by atoms with van der Waals surface area (Å²) in [6.45, 7) is 1.01. The lowest BCUT2D eigenvalue weighted by Crippen LogP contribution is -2.19. The van der Waals surface area contributed by atoms with Gasteiger partial charge in [0.1, 0.15) is 0 Å². The number of aromatic nitrogens is 1. The molecular formula is C15H13F3N2O3S. The summed E-state index contributed by atoms with van der Waals surface area (Å²) in [4.78, 5) is 2.53. The molecule has 0 saturated heterocycles. The summed E-state index contributed by atoms with van der Waals surface area (Å²) >= 11 is 0. The number of sulfonamides is 1. The Bertz CT molecular complexity index is 885. The third-order valence-corrected chi connectivity index (χ3v) is 4.85. The number of pyridine rings is 1. The van der Waals surface area contributed by atoms with E-state index in [1.807, 2.05) is 4.72 Å². The summed E-state index contributed by atoms with van der Waals surface area (Å²) in [5.74, 6) is -5.28. The van der Waals surface area contributed by atoms with Crippen LogP contribution in [-0.4, -0.2) is 19.5 Å². The molecule has 1 heterocycles. The van der Waals surface area contributed by atoms with Gasteiger partial charge >= 0.3 is 0 Å². The van der Waals surface area contributed by atoms with E-state index in [0.29, 0.717) is 12.8 Å². The maximum atomic E-state index is 14.3. The van der Waals surface area contributed by atoms with Crippen LogP contribution in [0.3, 0.4) is 0 Å². The van der Waals surface area contributed by atoms with Crippen molar-refractivity contribution in [3.05, 3.63) is 47.5 Å². The van der Waals surface area contributed by atoms with Gasteiger partial charge in [-0.3, -0.25) is 9.71 Å². The Labute approximate surface area is 136 Å². The van der Waals surface area contributed by atoms with E-state index in [0.717, 1.165) is 6.92 Å². The molecule has 0 atom stereocenters. The normalized spacial score (nSPS) is 14.5. The molecule has 128 valence electrons. The highest BCUT2D eigenvalue weighted by Crippen LogP contribution is 2.38. The first kappa shape index (κ1) is 16.6. The molecule has 0 amide bonds. The third kappa shape index (κ3) is 3.03. The molecule has 1 N–H and O–H groups in total. The first-order valence-electron chi connectivity index (χ1n) is 7.08. The first-order valence-corrected chi connectivity index (χ1v) is 8.56. The van der Waals surface area contributed by atoms with E-state index in [1.165, 1.54) is 24.5 Å². The molecule has 2 aromatic rings. The SMILES string of the molecule is Cc1c(F)c(F)c(S(=O)(=O)Nc2cccnc2)c(OC2CC2)c1F. The molecular weight excluding hydrogens is 345 g/mol. The van der Waals surface area contributed by atoms with Gasteiger partial charge in [-0.25, -0.2) is 21.6 Å². The van der Waals surface area contributed by atoms with Gasteiger partial charge in [0, 0.05) is 11.8 Å². The zero-order valence-corrected chi connectivity index (χ0v) is 13.3. The van der Waals surface area contributed by atoms with Gasteiger partial charge in [0.05, 0.1) is 18.0 Å². The number of nitrogens with one attached hydrogen (secondary N) is 1. The van der Waals surface area contributed by atoms with Crippen molar-refractivity contribution in [1.82, 2.24) is 4.98 Å². The van der Waals surface area contributed by atoms with E-state index >= 15 is 0 Å². The van der Waals surface area contributed by atoms with E-state index in [9.17, 15) is 21.6 Å². The molecule has 0 bridgehead atoms. The maximum absolute atomic E-state index is 14.3. The number of halogens is 3. The van der Waals surface area contributed by atoms with Crippen molar-refractivity contribution in [1.29, 1.82) is 0 Å². The molecule has 9 heteroatoms. The topological polar surface area (TPSA) is 68.3 Å². The zero-order chi connectivity index (χ0) is 17.5. The summed E-state index contributed by atoms with van der Waals surface area (Å²) in [5, 5.41) is 0. The van der Waals surface area contributed by atoms with Crippen molar-refractivity contribution in [2.75, 3.05) is 4.72 Å². The average molecular weight is 358 g/mol. The molecule has 0 radical (unpaired) electrons. The van der Waals surface area contributed by atoms with Gasteiger partial charge < -0.3 is 4.74 Å². The molecule has 3 rings (SSSR count). The summed E-state index contributed by atoms with van der Waals surface area (Å²) in [6.07, 6.45) is 3.36. The highest BCUT2D eigenvalue weighted by molar-refractivity contribution is 7.92. The van der Waals surface area contributed by atoms with E-state index in [2.05, 4.69) is 4.98 Å². The van der Waals surface area contributed by atoms with Crippen LogP contribution in [-0.2, 0) is 10.0 Å². The molecule has 0 unspecified atom stereocenters. The quantitative estimate of drug-likeness (QED) is 0.834. The van der Waals surface area contributed by atoms with Crippen LogP contribution in [0.2, 0.25) is 0 Å². The van der Waals surface area contributed by atoms with E-state index in [1.54, 1.807) is 0 Å². The Kier molecular flexibility index (Phi) is 4.12. The van der Waals surface area contributed by atoms with Gasteiger partial charge in [-0.05, 0) is 31.9 Å². The molecule has 1 fully saturated rings. The monoisotopic (exact) mass is 358 g/mol. The summed E-state index contributed by atoms with van der Waals surface area (Å²) in [6, 6.07) is 2.82. The predicted octanol–water partition coefficient (Wildman–Crippen LogP) is 3.15. The van der Waals surface area contributed by atoms with E-state index in [-0.39, 0.29) is 5.69 Å². The minimum atomic E-state index is -4.62. The van der Waals surface area contributed by atoms with Crippen LogP contribution in [0.4, 0.5) is 18.9 Å². The molecule has 1 aromatic carbocycles. The average Bonchev–Trinajstić information content (AvgIpc) is 3.35. The fourth-order valence-electron chi connectivity index (χ4n) is 2.06. The van der Waals surface area contributed by atoms with Gasteiger partial charge in [-0.1, -0.05) is 0 Å². The molecule has 0 aliphatic heterocycles. The van der Waals surface area contributed by atoms with Crippen molar-refractivity contribution in [2.24, 2.45) is 0 Å². The Morgan fingerprint density at radius 1 is 1.21 bits per heavy atom. The van der Waals surface area contributed by atoms with Crippen molar-refractivity contribution >= 4 is 15.7 Å². The van der Waals surface area contributed by atoms with Gasteiger partial charge in [-0.15, -0.1) is 0 Å². The van der Waals surface area contributed by atoms with Crippen LogP contribution >= 0.6 is 0 Å². The molecule has 1 aliphatic carbocycles. The van der Waals surface area contributed by atoms with Crippen LogP contribution in [0.25, 0.3) is 0 Å². The van der Waals surface area contributed by atoms with Crippen LogP contribution in [0.5, 0.6) is 5.75 Å². The smallest absolute Gasteiger partial charge is 0.268 e. The van der Waals surface area contributed by atoms with Crippen LogP contribution < -0.4 is 9.46 Å². The minimum absolute atomic E-state index is 0.0238. The second-order valence-electron chi connectivity index (χ2n) is 5.39. The van der Waals surface area contributed by atoms with Crippen molar-refractivity contribution in [3.63, 3.8) is 0 Å². The predicted molar refractivity (Wildman–Crippen MR) is 79.7 cm³/mol. The van der Waals surface area contributed by atoms with Crippen molar-refractivity contribution in [2.45, 2.75) is 30.8 Å². The third-order valence-electron chi connectivity index (χ3n) is 3.45. The van der Waals surface area contributed by atoms with E-state index in [4.69, 9.17) is 4.74 Å². The number of rotatable bonds is 5. The number of hydrogen-bond acceptors (Lipinski definition) is 4. The number of anilines is 1. The fraction of sp³-hybridized carbons (Fsp3) is 0.267. The van der Waals surface area contributed by atoms with Crippen molar-refractivity contribution < 1.29 is 26.3 Å². The Morgan fingerprint density at radius 2 is 1.92 bits per heavy atom. The molecule has 24 heavy (non-hydrogen) atoms. The standard InChI is InChI=1S/C15H13F3N2O3S/c1-8-11(16)13(18)15(14(12(8)17)23-10-4-5-10)24(21,22)20-9-3-2-6-19-7-9/h2-3,6-7,10,20H,4-5H2,1H3. The Balaban J connectivity index is 2.14. The number of benzene rings is 1. The summed E-state index contributed by atoms with van der Waals surface area (Å²) < 4.78 is 74.7. The van der Waals surface area contributed by atoms with Gasteiger partial charge in [0.25, 0.3) is 10.0 Å². The molecule has 1 saturated carbocycles. The number of hydrogen-bond donors (Lipinski definition) is 1. The molecule has 1 aliphatic rings. The van der Waals surface area contributed by atoms with E-state index < -0.39 is 49.8 Å². The lowest BCUT2D eigenvalue weighted by atomic mass is 10.2. The minimum Gasteiger partial charge on any atom is -0.486 e. The van der Waals surface area contributed by atoms with Crippen LogP contribution in [0.15, 0.2) is 29.4 Å². The molecule has 5 nitrogen and oxygen atoms in total. The van der Waals surface area contributed by atoms with Crippen LogP contribution in [0.1, 0.15) is 18.4 Å². The molecule has 0 spiro atoms. The lowest BCUT2D eigenvalue weighted by molar-refractivity contribution is 0.271. The lowest BCUT2D eigenvalue weighted by Gasteiger charge is -2.16. The van der Waals surface area contributed by atoms with Gasteiger partial charge in [0.15, 0.2) is 28.1 Å². The Morgan fingerprint density at radius 3 is 2.50 bits per heavy atom. The molecule has 1 aromatic heterocycles. The first-order chi connectivity index (χ1) is 11.3. The number of nitrogens with zero attached hydrogens (tertiary/aromatic N) is 1. The Hall–Kier alpha value is -2.29. The summed E-state index contributed by atoms with van der Waals surface area (Å²) in [7, 11) is -4.62. The maximum Gasteiger partial charge on any atom is 0.268 e. The highest BCUT2D eigenvalue weighted by Gasteiger charge is 2.36. The van der Waals surface area contributed by atoms with Gasteiger partial charge in [-0.2, -0.15) is 0 Å².